The van der Waals surface area contributed by atoms with E-state index in [-0.39, 0.29) is 17.9 Å². The molecular formula is C43H44N2O9. The number of carbonyl (C=O) groups is 2. The highest BCUT2D eigenvalue weighted by molar-refractivity contribution is 5.96. The highest BCUT2D eigenvalue weighted by atomic mass is 16.7. The van der Waals surface area contributed by atoms with Crippen molar-refractivity contribution in [3.63, 3.8) is 0 Å². The molecule has 0 fully saturated rings. The van der Waals surface area contributed by atoms with Gasteiger partial charge in [0.05, 0.1) is 49.4 Å². The summed E-state index contributed by atoms with van der Waals surface area (Å²) in [6, 6.07) is 34.1. The Morgan fingerprint density at radius 3 is 1.54 bits per heavy atom. The van der Waals surface area contributed by atoms with Crippen LogP contribution in [0.3, 0.4) is 0 Å². The first-order chi connectivity index (χ1) is 26.4. The lowest BCUT2D eigenvalue weighted by Gasteiger charge is -2.12. The normalized spacial score (nSPS) is 10.8. The molecule has 0 radical (unpaired) electrons. The standard InChI is InChI=1S/C43H44N2O9/c1-4-49-36-17-21-39(22-18-36)54-40-23-19-38(20-24-40)52-30-53-43(47)33-27-32(42(46)48-3)28-41(29-33)51-26-8-6-5-7-25-50-37-15-13-35(14-16-37)45-44-34-11-9-31(2)10-12-34/h9-24,27-29H,4-8,25-26,30H2,1-3H3/b45-44+. The van der Waals surface area contributed by atoms with Gasteiger partial charge in [-0.2, -0.15) is 10.2 Å². The van der Waals surface area contributed by atoms with Gasteiger partial charge in [-0.05, 0) is 143 Å². The maximum atomic E-state index is 12.9. The van der Waals surface area contributed by atoms with Crippen LogP contribution < -0.4 is 23.7 Å². The van der Waals surface area contributed by atoms with Crippen molar-refractivity contribution in [3.05, 3.63) is 132 Å². The number of hydrogen-bond donors (Lipinski definition) is 0. The average molecular weight is 733 g/mol. The Morgan fingerprint density at radius 2 is 0.981 bits per heavy atom. The maximum Gasteiger partial charge on any atom is 0.341 e. The van der Waals surface area contributed by atoms with Crippen LogP contribution in [0.25, 0.3) is 0 Å². The molecule has 5 rings (SSSR count). The third kappa shape index (κ3) is 12.7. The Morgan fingerprint density at radius 1 is 0.519 bits per heavy atom. The van der Waals surface area contributed by atoms with Crippen LogP contribution in [-0.4, -0.2) is 45.7 Å². The summed E-state index contributed by atoms with van der Waals surface area (Å²) in [7, 11) is 1.27. The molecule has 0 heterocycles. The Kier molecular flexibility index (Phi) is 14.8. The van der Waals surface area contributed by atoms with Gasteiger partial charge in [0, 0.05) is 0 Å². The lowest BCUT2D eigenvalue weighted by atomic mass is 10.1. The highest BCUT2D eigenvalue weighted by Crippen LogP contribution is 2.27. The van der Waals surface area contributed by atoms with E-state index in [1.54, 1.807) is 30.3 Å². The Labute approximate surface area is 315 Å². The average Bonchev–Trinajstić information content (AvgIpc) is 3.20. The van der Waals surface area contributed by atoms with Crippen LogP contribution in [0.5, 0.6) is 34.5 Å². The molecule has 0 aromatic heterocycles. The Bertz CT molecular complexity index is 1940. The summed E-state index contributed by atoms with van der Waals surface area (Å²) in [4.78, 5) is 25.2. The largest absolute Gasteiger partial charge is 0.494 e. The van der Waals surface area contributed by atoms with Gasteiger partial charge in [0.1, 0.15) is 34.5 Å². The van der Waals surface area contributed by atoms with Crippen LogP contribution in [0.1, 0.15) is 58.9 Å². The molecule has 0 amide bonds. The lowest BCUT2D eigenvalue weighted by Crippen LogP contribution is -2.12. The van der Waals surface area contributed by atoms with E-state index in [9.17, 15) is 9.59 Å². The zero-order valence-corrected chi connectivity index (χ0v) is 30.7. The van der Waals surface area contributed by atoms with Crippen molar-refractivity contribution in [3.8, 4) is 34.5 Å². The van der Waals surface area contributed by atoms with Gasteiger partial charge in [-0.25, -0.2) is 9.59 Å². The van der Waals surface area contributed by atoms with Gasteiger partial charge in [-0.1, -0.05) is 17.7 Å². The summed E-state index contributed by atoms with van der Waals surface area (Å²) in [5.41, 5.74) is 3.04. The second kappa shape index (κ2) is 20.6. The fourth-order valence-corrected chi connectivity index (χ4v) is 5.05. The van der Waals surface area contributed by atoms with Crippen molar-refractivity contribution in [2.75, 3.05) is 33.7 Å². The quantitative estimate of drug-likeness (QED) is 0.0333. The minimum absolute atomic E-state index is 0.134. The molecule has 5 aromatic rings. The number of nitrogens with zero attached hydrogens (tertiary/aromatic N) is 2. The molecular weight excluding hydrogens is 688 g/mol. The molecule has 11 nitrogen and oxygen atoms in total. The lowest BCUT2D eigenvalue weighted by molar-refractivity contribution is 0.0153. The summed E-state index contributed by atoms with van der Waals surface area (Å²) >= 11 is 0. The number of carbonyl (C=O) groups excluding carboxylic acids is 2. The predicted molar refractivity (Wildman–Crippen MR) is 204 cm³/mol. The molecule has 0 bridgehead atoms. The maximum absolute atomic E-state index is 12.9. The molecule has 54 heavy (non-hydrogen) atoms. The van der Waals surface area contributed by atoms with Crippen LogP contribution in [0.15, 0.2) is 125 Å². The van der Waals surface area contributed by atoms with Crippen molar-refractivity contribution >= 4 is 23.3 Å². The fourth-order valence-electron chi connectivity index (χ4n) is 5.05. The summed E-state index contributed by atoms with van der Waals surface area (Å²) in [5, 5.41) is 8.54. The third-order valence-electron chi connectivity index (χ3n) is 7.90. The number of rotatable bonds is 20. The number of esters is 2. The van der Waals surface area contributed by atoms with Gasteiger partial charge >= 0.3 is 11.9 Å². The van der Waals surface area contributed by atoms with Crippen LogP contribution in [0.2, 0.25) is 0 Å². The van der Waals surface area contributed by atoms with Crippen LogP contribution in [-0.2, 0) is 9.47 Å². The first kappa shape index (κ1) is 38.9. The molecule has 0 atom stereocenters. The van der Waals surface area contributed by atoms with Gasteiger partial charge < -0.3 is 33.2 Å². The minimum Gasteiger partial charge on any atom is -0.494 e. The molecule has 0 aliphatic carbocycles. The van der Waals surface area contributed by atoms with Crippen LogP contribution in [0.4, 0.5) is 11.4 Å². The van der Waals surface area contributed by atoms with E-state index >= 15 is 0 Å². The van der Waals surface area contributed by atoms with Gasteiger partial charge in [-0.3, -0.25) is 0 Å². The first-order valence-corrected chi connectivity index (χ1v) is 17.8. The number of benzene rings is 5. The van der Waals surface area contributed by atoms with Crippen LogP contribution in [0, 0.1) is 6.92 Å². The van der Waals surface area contributed by atoms with E-state index in [2.05, 4.69) is 10.2 Å². The van der Waals surface area contributed by atoms with Crippen LogP contribution >= 0.6 is 0 Å². The molecule has 11 heteroatoms. The number of azo groups is 1. The number of methoxy groups -OCH3 is 1. The van der Waals surface area contributed by atoms with Crippen molar-refractivity contribution in [1.29, 1.82) is 0 Å². The van der Waals surface area contributed by atoms with Crippen molar-refractivity contribution in [1.82, 2.24) is 0 Å². The topological polar surface area (TPSA) is 123 Å². The molecule has 0 aliphatic heterocycles. The summed E-state index contributed by atoms with van der Waals surface area (Å²) in [5.74, 6) is 2.39. The Hall–Kier alpha value is -6.36. The number of aryl methyl sites for hydroxylation is 1. The van der Waals surface area contributed by atoms with Gasteiger partial charge in [-0.15, -0.1) is 0 Å². The van der Waals surface area contributed by atoms with Crippen molar-refractivity contribution in [2.24, 2.45) is 10.2 Å². The fraction of sp³-hybridized carbons (Fsp3) is 0.256. The number of unbranched alkanes of at least 4 members (excludes halogenated alkanes) is 3. The zero-order chi connectivity index (χ0) is 38.0. The number of hydrogen-bond acceptors (Lipinski definition) is 11. The number of ether oxygens (including phenoxy) is 7. The minimum atomic E-state index is -0.678. The van der Waals surface area contributed by atoms with Gasteiger partial charge in [0.15, 0.2) is 0 Å². The molecule has 0 spiro atoms. The van der Waals surface area contributed by atoms with E-state index in [1.165, 1.54) is 24.8 Å². The third-order valence-corrected chi connectivity index (χ3v) is 7.90. The first-order valence-electron chi connectivity index (χ1n) is 17.8. The highest BCUT2D eigenvalue weighted by Gasteiger charge is 2.16. The Balaban J connectivity index is 1.000. The smallest absolute Gasteiger partial charge is 0.341 e. The molecule has 0 saturated heterocycles. The monoisotopic (exact) mass is 732 g/mol. The molecule has 0 N–H and O–H groups in total. The summed E-state index contributed by atoms with van der Waals surface area (Å²) in [6.07, 6.45) is 3.52. The van der Waals surface area contributed by atoms with E-state index in [0.717, 1.165) is 48.6 Å². The molecule has 0 aliphatic rings. The van der Waals surface area contributed by atoms with E-state index in [1.807, 2.05) is 86.6 Å². The van der Waals surface area contributed by atoms with Crippen molar-refractivity contribution in [2.45, 2.75) is 39.5 Å². The van der Waals surface area contributed by atoms with Gasteiger partial charge in [0.2, 0.25) is 6.79 Å². The molecule has 0 saturated carbocycles. The van der Waals surface area contributed by atoms with E-state index < -0.39 is 11.9 Å². The second-order valence-electron chi connectivity index (χ2n) is 12.1. The summed E-state index contributed by atoms with van der Waals surface area (Å²) < 4.78 is 38.9. The van der Waals surface area contributed by atoms with E-state index in [4.69, 9.17) is 33.2 Å². The molecule has 0 unspecified atom stereocenters. The second-order valence-corrected chi connectivity index (χ2v) is 12.1. The zero-order valence-electron chi connectivity index (χ0n) is 30.7. The predicted octanol–water partition coefficient (Wildman–Crippen LogP) is 10.6. The molecule has 280 valence electrons. The molecule has 5 aromatic carbocycles. The van der Waals surface area contributed by atoms with Gasteiger partial charge in [0.25, 0.3) is 0 Å². The summed E-state index contributed by atoms with van der Waals surface area (Å²) in [6.45, 7) is 5.20. The van der Waals surface area contributed by atoms with E-state index in [0.29, 0.717) is 42.8 Å². The SMILES string of the molecule is CCOc1ccc(Oc2ccc(OCOC(=O)c3cc(OCCCCCCOc4ccc(/N=N/c5ccc(C)cc5)cc4)cc(C(=O)OC)c3)cc2)cc1. The van der Waals surface area contributed by atoms with Crippen molar-refractivity contribution < 1.29 is 42.7 Å².